The first-order valence-electron chi connectivity index (χ1n) is 6.62. The maximum atomic E-state index is 12.7. The fourth-order valence-corrected chi connectivity index (χ4v) is 4.41. The number of sulfonamides is 1. The Hall–Kier alpha value is -1.80. The van der Waals surface area contributed by atoms with Crippen LogP contribution in [0.15, 0.2) is 23.1 Å². The molecule has 1 N–H and O–H groups in total. The van der Waals surface area contributed by atoms with Gasteiger partial charge >= 0.3 is 5.97 Å². The van der Waals surface area contributed by atoms with Crippen molar-refractivity contribution in [1.29, 1.82) is 0 Å². The number of fused-ring (bicyclic) bond motifs is 1. The summed E-state index contributed by atoms with van der Waals surface area (Å²) in [7, 11) is -3.72. The zero-order valence-electron chi connectivity index (χ0n) is 11.2. The molecule has 0 unspecified atom stereocenters. The number of ether oxygens (including phenoxy) is 2. The molecular weight excluding hydrogens is 298 g/mol. The van der Waals surface area contributed by atoms with Gasteiger partial charge in [0.15, 0.2) is 11.5 Å². The van der Waals surface area contributed by atoms with Crippen LogP contribution in [0.4, 0.5) is 0 Å². The van der Waals surface area contributed by atoms with Crippen LogP contribution in [0.25, 0.3) is 0 Å². The number of carboxylic acid groups (broad SMARTS) is 1. The van der Waals surface area contributed by atoms with Gasteiger partial charge in [-0.15, -0.1) is 0 Å². The van der Waals surface area contributed by atoms with Crippen LogP contribution in [-0.4, -0.2) is 43.2 Å². The van der Waals surface area contributed by atoms with Crippen molar-refractivity contribution in [2.24, 2.45) is 0 Å². The third-order valence-corrected chi connectivity index (χ3v) is 5.63. The predicted octanol–water partition coefficient (Wildman–Crippen LogP) is 1.04. The first-order valence-corrected chi connectivity index (χ1v) is 8.06. The van der Waals surface area contributed by atoms with E-state index in [0.29, 0.717) is 30.9 Å². The highest BCUT2D eigenvalue weighted by atomic mass is 32.2. The molecule has 0 bridgehead atoms. The van der Waals surface area contributed by atoms with Crippen molar-refractivity contribution in [2.45, 2.75) is 30.2 Å². The summed E-state index contributed by atoms with van der Waals surface area (Å²) in [5.74, 6) is -0.0877. The largest absolute Gasteiger partial charge is 0.481 e. The van der Waals surface area contributed by atoms with E-state index >= 15 is 0 Å². The molecule has 0 aromatic heterocycles. The maximum absolute atomic E-state index is 12.7. The van der Waals surface area contributed by atoms with E-state index in [0.717, 1.165) is 0 Å². The number of rotatable bonds is 4. The van der Waals surface area contributed by atoms with Crippen LogP contribution < -0.4 is 9.47 Å². The molecule has 2 aliphatic rings. The van der Waals surface area contributed by atoms with Gasteiger partial charge < -0.3 is 14.6 Å². The summed E-state index contributed by atoms with van der Waals surface area (Å²) in [5, 5.41) is 8.90. The van der Waals surface area contributed by atoms with Crippen molar-refractivity contribution < 1.29 is 27.8 Å². The van der Waals surface area contributed by atoms with Gasteiger partial charge in [0, 0.05) is 18.7 Å². The Bertz CT molecular complexity index is 671. The molecule has 21 heavy (non-hydrogen) atoms. The Kier molecular flexibility index (Phi) is 3.50. The summed E-state index contributed by atoms with van der Waals surface area (Å²) in [4.78, 5) is 11.0. The minimum Gasteiger partial charge on any atom is -0.481 e. The van der Waals surface area contributed by atoms with Crippen molar-refractivity contribution in [2.75, 3.05) is 13.3 Å². The Balaban J connectivity index is 1.91. The summed E-state index contributed by atoms with van der Waals surface area (Å²) >= 11 is 0. The number of aliphatic carboxylic acids is 1. The number of carboxylic acids is 1. The zero-order chi connectivity index (χ0) is 15.0. The second-order valence-corrected chi connectivity index (χ2v) is 6.92. The number of nitrogens with zero attached hydrogens (tertiary/aromatic N) is 1. The van der Waals surface area contributed by atoms with Gasteiger partial charge in [0.25, 0.3) is 0 Å². The number of carbonyl (C=O) groups is 1. The monoisotopic (exact) mass is 313 g/mol. The number of hydrogen-bond acceptors (Lipinski definition) is 5. The highest BCUT2D eigenvalue weighted by molar-refractivity contribution is 7.89. The highest BCUT2D eigenvalue weighted by Gasteiger charge is 2.37. The molecule has 1 aromatic rings. The number of hydrogen-bond donors (Lipinski definition) is 1. The van der Waals surface area contributed by atoms with Crippen molar-refractivity contribution in [3.63, 3.8) is 0 Å². The lowest BCUT2D eigenvalue weighted by Crippen LogP contribution is -2.36. The SMILES string of the molecule is O=C(O)C[C@H]1CCCN1S(=O)(=O)c1ccc2c(c1)OCO2. The van der Waals surface area contributed by atoms with Crippen molar-refractivity contribution in [1.82, 2.24) is 4.31 Å². The lowest BCUT2D eigenvalue weighted by Gasteiger charge is -2.22. The molecule has 0 aliphatic carbocycles. The molecule has 8 heteroatoms. The molecule has 0 spiro atoms. The van der Waals surface area contributed by atoms with Gasteiger partial charge in [-0.2, -0.15) is 4.31 Å². The molecular formula is C13H15NO6S. The van der Waals surface area contributed by atoms with Crippen LogP contribution in [0.5, 0.6) is 11.5 Å². The molecule has 1 aromatic carbocycles. The summed E-state index contributed by atoms with van der Waals surface area (Å²) < 4.78 is 36.9. The molecule has 0 saturated carbocycles. The molecule has 7 nitrogen and oxygen atoms in total. The van der Waals surface area contributed by atoms with Crippen molar-refractivity contribution in [3.8, 4) is 11.5 Å². The summed E-state index contributed by atoms with van der Waals surface area (Å²) in [6, 6.07) is 3.95. The normalized spacial score (nSPS) is 21.6. The van der Waals surface area contributed by atoms with E-state index in [1.807, 2.05) is 0 Å². The molecule has 2 heterocycles. The molecule has 0 amide bonds. The standard InChI is InChI=1S/C13H15NO6S/c15-13(16)6-9-2-1-5-14(9)21(17,18)10-3-4-11-12(7-10)20-8-19-11/h3-4,7,9H,1-2,5-6,8H2,(H,15,16)/t9-/m1/s1. The molecule has 0 radical (unpaired) electrons. The van der Waals surface area contributed by atoms with Crippen LogP contribution in [0.1, 0.15) is 19.3 Å². The Morgan fingerprint density at radius 1 is 1.33 bits per heavy atom. The van der Waals surface area contributed by atoms with E-state index in [4.69, 9.17) is 14.6 Å². The Labute approximate surface area is 122 Å². The third-order valence-electron chi connectivity index (χ3n) is 3.68. The summed E-state index contributed by atoms with van der Waals surface area (Å²) in [6.07, 6.45) is 1.06. The highest BCUT2D eigenvalue weighted by Crippen LogP contribution is 2.36. The molecule has 114 valence electrons. The van der Waals surface area contributed by atoms with Crippen LogP contribution >= 0.6 is 0 Å². The van der Waals surface area contributed by atoms with Gasteiger partial charge in [-0.1, -0.05) is 0 Å². The van der Waals surface area contributed by atoms with Crippen LogP contribution in [0.3, 0.4) is 0 Å². The Morgan fingerprint density at radius 3 is 2.86 bits per heavy atom. The van der Waals surface area contributed by atoms with Gasteiger partial charge in [-0.25, -0.2) is 8.42 Å². The molecule has 1 fully saturated rings. The van der Waals surface area contributed by atoms with Gasteiger partial charge in [-0.05, 0) is 25.0 Å². The maximum Gasteiger partial charge on any atom is 0.304 e. The van der Waals surface area contributed by atoms with Gasteiger partial charge in [-0.3, -0.25) is 4.79 Å². The number of benzene rings is 1. The van der Waals surface area contributed by atoms with E-state index in [1.165, 1.54) is 16.4 Å². The fourth-order valence-electron chi connectivity index (χ4n) is 2.70. The van der Waals surface area contributed by atoms with Crippen molar-refractivity contribution >= 4 is 16.0 Å². The van der Waals surface area contributed by atoms with Crippen molar-refractivity contribution in [3.05, 3.63) is 18.2 Å². The summed E-state index contributed by atoms with van der Waals surface area (Å²) in [6.45, 7) is 0.416. The topological polar surface area (TPSA) is 93.1 Å². The molecule has 1 atom stereocenters. The minimum absolute atomic E-state index is 0.0736. The molecule has 2 aliphatic heterocycles. The predicted molar refractivity (Wildman–Crippen MR) is 71.7 cm³/mol. The lowest BCUT2D eigenvalue weighted by molar-refractivity contribution is -0.137. The quantitative estimate of drug-likeness (QED) is 0.893. The van der Waals surface area contributed by atoms with E-state index in [2.05, 4.69) is 0 Å². The van der Waals surface area contributed by atoms with E-state index < -0.39 is 22.0 Å². The average Bonchev–Trinajstić information content (AvgIpc) is 3.05. The summed E-state index contributed by atoms with van der Waals surface area (Å²) in [5.41, 5.74) is 0. The lowest BCUT2D eigenvalue weighted by atomic mass is 10.2. The molecule has 1 saturated heterocycles. The first kappa shape index (κ1) is 14.2. The fraction of sp³-hybridized carbons (Fsp3) is 0.462. The van der Waals surface area contributed by atoms with Gasteiger partial charge in [0.05, 0.1) is 11.3 Å². The van der Waals surface area contributed by atoms with E-state index in [-0.39, 0.29) is 18.1 Å². The Morgan fingerprint density at radius 2 is 2.10 bits per heavy atom. The van der Waals surface area contributed by atoms with E-state index in [1.54, 1.807) is 6.07 Å². The zero-order valence-corrected chi connectivity index (χ0v) is 12.0. The second kappa shape index (κ2) is 5.19. The molecule has 3 rings (SSSR count). The first-order chi connectivity index (χ1) is 9.98. The van der Waals surface area contributed by atoms with Gasteiger partial charge in [0.1, 0.15) is 0 Å². The third kappa shape index (κ3) is 2.56. The van der Waals surface area contributed by atoms with Crippen LogP contribution in [-0.2, 0) is 14.8 Å². The second-order valence-electron chi connectivity index (χ2n) is 5.02. The smallest absolute Gasteiger partial charge is 0.304 e. The van der Waals surface area contributed by atoms with Gasteiger partial charge in [0.2, 0.25) is 16.8 Å². The minimum atomic E-state index is -3.72. The average molecular weight is 313 g/mol. The van der Waals surface area contributed by atoms with E-state index in [9.17, 15) is 13.2 Å². The van der Waals surface area contributed by atoms with Crippen LogP contribution in [0, 0.1) is 0 Å². The van der Waals surface area contributed by atoms with Crippen LogP contribution in [0.2, 0.25) is 0 Å².